The van der Waals surface area contributed by atoms with Crippen LogP contribution < -0.4 is 10.2 Å². The molecule has 0 bridgehead atoms. The van der Waals surface area contributed by atoms with E-state index in [1.807, 2.05) is 49.4 Å². The molecule has 0 spiro atoms. The molecule has 1 N–H and O–H groups in total. The Bertz CT molecular complexity index is 1290. The Morgan fingerprint density at radius 2 is 1.92 bits per heavy atom. The largest absolute Gasteiger partial charge is 0.355 e. The van der Waals surface area contributed by atoms with Crippen LogP contribution in [0.3, 0.4) is 0 Å². The normalized spacial score (nSPS) is 16.0. The third kappa shape index (κ3) is 5.43. The number of carbonyl (C=O) groups is 2. The number of rotatable bonds is 6. The van der Waals surface area contributed by atoms with E-state index in [2.05, 4.69) is 26.1 Å². The fourth-order valence-corrected chi connectivity index (χ4v) is 5.99. The summed E-state index contributed by atoms with van der Waals surface area (Å²) in [7, 11) is 0. The molecule has 0 aliphatic carbocycles. The highest BCUT2D eigenvalue weighted by Gasteiger charge is 2.40. The number of fused-ring (bicyclic) bond motifs is 1. The van der Waals surface area contributed by atoms with Crippen LogP contribution in [0.15, 0.2) is 48.5 Å². The van der Waals surface area contributed by atoms with Gasteiger partial charge in [0.05, 0.1) is 22.4 Å². The van der Waals surface area contributed by atoms with E-state index >= 15 is 0 Å². The lowest BCUT2D eigenvalue weighted by Crippen LogP contribution is -2.42. The first-order valence-electron chi connectivity index (χ1n) is 11.9. The monoisotopic (exact) mass is 544 g/mol. The average Bonchev–Trinajstić information content (AvgIpc) is 3.17. The maximum Gasteiger partial charge on any atom is 0.240 e. The van der Waals surface area contributed by atoms with Gasteiger partial charge in [-0.25, -0.2) is 4.68 Å². The predicted molar refractivity (Wildman–Crippen MR) is 149 cm³/mol. The predicted octanol–water partition coefficient (Wildman–Crippen LogP) is 6.17. The van der Waals surface area contributed by atoms with Crippen molar-refractivity contribution in [1.82, 2.24) is 15.1 Å². The van der Waals surface area contributed by atoms with Crippen molar-refractivity contribution in [3.63, 3.8) is 0 Å². The minimum atomic E-state index is -0.350. The second kappa shape index (κ2) is 10.9. The van der Waals surface area contributed by atoms with Gasteiger partial charge in [0, 0.05) is 27.6 Å². The van der Waals surface area contributed by atoms with Gasteiger partial charge >= 0.3 is 0 Å². The molecule has 36 heavy (non-hydrogen) atoms. The molecule has 0 saturated heterocycles. The van der Waals surface area contributed by atoms with Crippen LogP contribution in [0, 0.1) is 0 Å². The molecule has 1 aromatic heterocycles. The fourth-order valence-electron chi connectivity index (χ4n) is 4.26. The zero-order valence-corrected chi connectivity index (χ0v) is 23.2. The Hall–Kier alpha value is -2.48. The van der Waals surface area contributed by atoms with Crippen molar-refractivity contribution in [3.8, 4) is 5.69 Å². The summed E-state index contributed by atoms with van der Waals surface area (Å²) in [6.07, 6.45) is 0.810. The van der Waals surface area contributed by atoms with E-state index in [1.54, 1.807) is 15.6 Å². The first-order valence-corrected chi connectivity index (χ1v) is 13.7. The first kappa shape index (κ1) is 26.6. The number of hydrogen-bond donors (Lipinski definition) is 1. The van der Waals surface area contributed by atoms with E-state index in [1.165, 1.54) is 11.8 Å². The number of aromatic nitrogens is 2. The summed E-state index contributed by atoms with van der Waals surface area (Å²) in [6, 6.07) is 15.0. The minimum absolute atomic E-state index is 0.0997. The molecular weight excluding hydrogens is 515 g/mol. The molecule has 6 nitrogen and oxygen atoms in total. The van der Waals surface area contributed by atoms with Crippen LogP contribution in [-0.4, -0.2) is 40.4 Å². The van der Waals surface area contributed by atoms with E-state index in [9.17, 15) is 9.59 Å². The molecule has 0 radical (unpaired) electrons. The van der Waals surface area contributed by atoms with E-state index < -0.39 is 0 Å². The lowest BCUT2D eigenvalue weighted by atomic mass is 9.87. The maximum atomic E-state index is 13.6. The quantitative estimate of drug-likeness (QED) is 0.402. The van der Waals surface area contributed by atoms with E-state index in [4.69, 9.17) is 28.3 Å². The summed E-state index contributed by atoms with van der Waals surface area (Å²) in [5.41, 5.74) is 2.99. The number of hydrogen-bond acceptors (Lipinski definition) is 4. The van der Waals surface area contributed by atoms with Crippen LogP contribution in [-0.2, 0) is 15.0 Å². The Kier molecular flexibility index (Phi) is 8.03. The molecule has 1 unspecified atom stereocenters. The van der Waals surface area contributed by atoms with Crippen LogP contribution in [0.4, 0.5) is 5.82 Å². The van der Waals surface area contributed by atoms with Crippen molar-refractivity contribution in [3.05, 3.63) is 75.4 Å². The minimum Gasteiger partial charge on any atom is -0.355 e. The van der Waals surface area contributed by atoms with Crippen molar-refractivity contribution in [2.45, 2.75) is 44.8 Å². The summed E-state index contributed by atoms with van der Waals surface area (Å²) in [5.74, 6) is 0.401. The van der Waals surface area contributed by atoms with Gasteiger partial charge in [0.25, 0.3) is 0 Å². The molecule has 2 amide bonds. The Morgan fingerprint density at radius 3 is 2.58 bits per heavy atom. The van der Waals surface area contributed by atoms with E-state index in [0.29, 0.717) is 28.1 Å². The molecule has 3 aromatic rings. The van der Waals surface area contributed by atoms with Gasteiger partial charge in [0.1, 0.15) is 12.4 Å². The summed E-state index contributed by atoms with van der Waals surface area (Å²) in [5, 5.41) is 8.88. The van der Waals surface area contributed by atoms with Gasteiger partial charge in [-0.05, 0) is 36.2 Å². The van der Waals surface area contributed by atoms with Crippen LogP contribution in [0.5, 0.6) is 0 Å². The fraction of sp³-hybridized carbons (Fsp3) is 0.370. The molecule has 2 aromatic carbocycles. The zero-order chi connectivity index (χ0) is 26.0. The molecule has 1 aliphatic heterocycles. The number of halogens is 2. The number of thioether (sulfide) groups is 1. The van der Waals surface area contributed by atoms with E-state index in [-0.39, 0.29) is 34.8 Å². The molecular formula is C27H30Cl2N4O2S. The Morgan fingerprint density at radius 1 is 1.17 bits per heavy atom. The highest BCUT2D eigenvalue weighted by Crippen LogP contribution is 2.49. The topological polar surface area (TPSA) is 67.2 Å². The van der Waals surface area contributed by atoms with Crippen LogP contribution in [0.1, 0.15) is 56.2 Å². The number of amides is 2. The lowest BCUT2D eigenvalue weighted by molar-refractivity contribution is -0.122. The molecule has 190 valence electrons. The molecule has 2 heterocycles. The van der Waals surface area contributed by atoms with Gasteiger partial charge in [0.2, 0.25) is 11.8 Å². The Balaban J connectivity index is 2.02. The summed E-state index contributed by atoms with van der Waals surface area (Å²) in [6.45, 7) is 8.72. The second-order valence-electron chi connectivity index (χ2n) is 9.77. The van der Waals surface area contributed by atoms with Gasteiger partial charge < -0.3 is 5.32 Å². The molecule has 9 heteroatoms. The maximum absolute atomic E-state index is 13.6. The van der Waals surface area contributed by atoms with Gasteiger partial charge in [-0.15, -0.1) is 11.8 Å². The van der Waals surface area contributed by atoms with Crippen molar-refractivity contribution in [2.75, 3.05) is 23.7 Å². The van der Waals surface area contributed by atoms with Crippen LogP contribution in [0.25, 0.3) is 5.69 Å². The standard InChI is InChI=1S/C27H30Cl2N4O2S/c1-5-13-30-21(34)15-32-22(35)16-36-24(19-11-6-7-12-20(19)29)23-25(27(2,3)4)31-33(26(23)32)18-10-8-9-17(28)14-18/h6-12,14,24H,5,13,15-16H2,1-4H3,(H,30,34). The summed E-state index contributed by atoms with van der Waals surface area (Å²) < 4.78 is 1.75. The lowest BCUT2D eigenvalue weighted by Gasteiger charge is -2.25. The van der Waals surface area contributed by atoms with Crippen molar-refractivity contribution in [2.24, 2.45) is 0 Å². The average molecular weight is 546 g/mol. The highest BCUT2D eigenvalue weighted by molar-refractivity contribution is 8.00. The number of anilines is 1. The second-order valence-corrected chi connectivity index (χ2v) is 11.7. The number of benzene rings is 2. The van der Waals surface area contributed by atoms with Crippen LogP contribution in [0.2, 0.25) is 10.0 Å². The summed E-state index contributed by atoms with van der Waals surface area (Å²) in [4.78, 5) is 28.0. The third-order valence-corrected chi connectivity index (χ3v) is 7.73. The van der Waals surface area contributed by atoms with Gasteiger partial charge in [0.15, 0.2) is 0 Å². The van der Waals surface area contributed by atoms with Gasteiger partial charge in [-0.3, -0.25) is 14.5 Å². The zero-order valence-electron chi connectivity index (χ0n) is 20.8. The molecule has 1 aliphatic rings. The molecule has 0 fully saturated rings. The molecule has 1 atom stereocenters. The van der Waals surface area contributed by atoms with E-state index in [0.717, 1.165) is 23.2 Å². The van der Waals surface area contributed by atoms with Gasteiger partial charge in [-0.2, -0.15) is 5.10 Å². The molecule has 4 rings (SSSR count). The van der Waals surface area contributed by atoms with Crippen molar-refractivity contribution >= 4 is 52.6 Å². The van der Waals surface area contributed by atoms with Crippen molar-refractivity contribution in [1.29, 1.82) is 0 Å². The first-order chi connectivity index (χ1) is 17.1. The van der Waals surface area contributed by atoms with Crippen molar-refractivity contribution < 1.29 is 9.59 Å². The summed E-state index contributed by atoms with van der Waals surface area (Å²) >= 11 is 14.5. The highest BCUT2D eigenvalue weighted by atomic mass is 35.5. The SMILES string of the molecule is CCCNC(=O)CN1C(=O)CSC(c2ccccc2Cl)c2c(C(C)(C)C)nn(-c3cccc(Cl)c3)c21. The Labute approximate surface area is 226 Å². The smallest absolute Gasteiger partial charge is 0.240 e. The number of nitrogens with one attached hydrogen (secondary N) is 1. The van der Waals surface area contributed by atoms with Crippen LogP contribution >= 0.6 is 35.0 Å². The molecule has 0 saturated carbocycles. The third-order valence-electron chi connectivity index (χ3n) is 5.91. The van der Waals surface area contributed by atoms with Gasteiger partial charge in [-0.1, -0.05) is 75.2 Å². The number of nitrogens with zero attached hydrogens (tertiary/aromatic N) is 3. The number of carbonyl (C=O) groups excluding carboxylic acids is 2.